The Bertz CT molecular complexity index is 2370. The molecule has 0 atom stereocenters. The van der Waals surface area contributed by atoms with E-state index in [-0.39, 0.29) is 11.8 Å². The summed E-state index contributed by atoms with van der Waals surface area (Å²) in [5, 5.41) is 11.4. The van der Waals surface area contributed by atoms with E-state index in [2.05, 4.69) is 71.4 Å². The molecule has 2 aromatic heterocycles. The van der Waals surface area contributed by atoms with Crippen LogP contribution in [0.15, 0.2) is 88.5 Å². The van der Waals surface area contributed by atoms with Crippen molar-refractivity contribution in [2.75, 3.05) is 33.4 Å². The summed E-state index contributed by atoms with van der Waals surface area (Å²) in [5.41, 5.74) is 18.0. The first-order valence-electron chi connectivity index (χ1n) is 19.3. The van der Waals surface area contributed by atoms with Crippen molar-refractivity contribution in [1.82, 2.24) is 25.5 Å². The minimum atomic E-state index is -0.112. The second kappa shape index (κ2) is 21.1. The van der Waals surface area contributed by atoms with Gasteiger partial charge in [0.2, 0.25) is 0 Å². The van der Waals surface area contributed by atoms with Gasteiger partial charge in [0.25, 0.3) is 11.8 Å². The fraction of sp³-hybridized carbons (Fsp3) is 0.283. The minimum Gasteiger partial charge on any atom is -0.487 e. The van der Waals surface area contributed by atoms with Crippen LogP contribution in [-0.2, 0) is 26.1 Å². The lowest BCUT2D eigenvalue weighted by Crippen LogP contribution is -2.17. The number of hydrogen-bond donors (Lipinski definition) is 3. The molecule has 4 N–H and O–H groups in total. The first-order chi connectivity index (χ1) is 28.3. The Kier molecular flexibility index (Phi) is 15.8. The van der Waals surface area contributed by atoms with Gasteiger partial charge < -0.3 is 30.7 Å². The van der Waals surface area contributed by atoms with Crippen molar-refractivity contribution in [1.29, 1.82) is 0 Å². The second-order valence-electron chi connectivity index (χ2n) is 14.1. The van der Waals surface area contributed by atoms with Crippen LogP contribution in [-0.4, -0.2) is 60.7 Å². The molecular weight excluding hydrogens is 779 g/mol. The Hall–Kier alpha value is -6.05. The number of carbonyl (C=O) groups excluding carboxylic acids is 2. The highest BCUT2D eigenvalue weighted by atomic mass is 32.1. The largest absolute Gasteiger partial charge is 0.487 e. The minimum absolute atomic E-state index is 0.112. The average Bonchev–Trinajstić information content (AvgIpc) is 3.90. The number of aliphatic imine (C=N–C) groups is 1. The number of thiazole rings is 2. The van der Waals surface area contributed by atoms with Crippen LogP contribution in [0.4, 0.5) is 11.4 Å². The molecule has 0 fully saturated rings. The van der Waals surface area contributed by atoms with Crippen molar-refractivity contribution in [2.45, 2.75) is 60.7 Å². The van der Waals surface area contributed by atoms with Gasteiger partial charge >= 0.3 is 0 Å². The van der Waals surface area contributed by atoms with Crippen molar-refractivity contribution < 1.29 is 19.1 Å². The van der Waals surface area contributed by atoms with Gasteiger partial charge in [0.15, 0.2) is 0 Å². The number of nitrogens with zero attached hydrogens (tertiary/aromatic N) is 4. The summed E-state index contributed by atoms with van der Waals surface area (Å²) in [5.74, 6) is 1.20. The highest BCUT2D eigenvalue weighted by Crippen LogP contribution is 2.27. The maximum absolute atomic E-state index is 11.6. The zero-order valence-corrected chi connectivity index (χ0v) is 36.6. The summed E-state index contributed by atoms with van der Waals surface area (Å²) in [6.07, 6.45) is 3.45. The fourth-order valence-electron chi connectivity index (χ4n) is 5.85. The third-order valence-corrected chi connectivity index (χ3v) is 11.4. The molecule has 0 radical (unpaired) electrons. The molecule has 4 aromatic carbocycles. The predicted molar refractivity (Wildman–Crippen MR) is 241 cm³/mol. The van der Waals surface area contributed by atoms with Crippen molar-refractivity contribution in [3.63, 3.8) is 0 Å². The molecule has 0 spiro atoms. The number of nitrogens with two attached hydrogens (primary N) is 1. The van der Waals surface area contributed by atoms with E-state index in [4.69, 9.17) is 20.2 Å². The maximum atomic E-state index is 11.6. The van der Waals surface area contributed by atoms with E-state index in [0.717, 1.165) is 63.3 Å². The van der Waals surface area contributed by atoms with Crippen molar-refractivity contribution in [3.05, 3.63) is 149 Å². The van der Waals surface area contributed by atoms with Crippen molar-refractivity contribution in [2.24, 2.45) is 4.99 Å². The number of anilines is 1. The number of aromatic nitrogens is 2. The molecule has 6 rings (SSSR count). The Morgan fingerprint density at radius 3 is 1.63 bits per heavy atom. The Balaban J connectivity index is 0.000000227. The van der Waals surface area contributed by atoms with Gasteiger partial charge in [0.1, 0.15) is 24.7 Å². The lowest BCUT2D eigenvalue weighted by atomic mass is 10.0. The normalized spacial score (nSPS) is 10.8. The van der Waals surface area contributed by atoms with Gasteiger partial charge in [0, 0.05) is 68.1 Å². The SMILES string of the molecule is CCN(C)C=Nc1cc(C)c(Cc2nc(COc3ccc(C(=O)NC)cc3)cs2)cc1C.CNC(=O)c1ccc(OCc2csc(Cc3cc(C)c(N)cc3C)n2)cc1. The van der Waals surface area contributed by atoms with E-state index in [0.29, 0.717) is 35.8 Å². The van der Waals surface area contributed by atoms with E-state index in [1.165, 1.54) is 22.3 Å². The topological polar surface area (TPSA) is 144 Å². The van der Waals surface area contributed by atoms with Gasteiger partial charge in [0.05, 0.1) is 33.4 Å². The smallest absolute Gasteiger partial charge is 0.251 e. The van der Waals surface area contributed by atoms with Crippen LogP contribution in [0.1, 0.15) is 82.4 Å². The number of carbonyl (C=O) groups is 2. The predicted octanol–water partition coefficient (Wildman–Crippen LogP) is 8.77. The van der Waals surface area contributed by atoms with Crippen LogP contribution in [0.5, 0.6) is 11.5 Å². The van der Waals surface area contributed by atoms with Crippen LogP contribution < -0.4 is 25.8 Å². The van der Waals surface area contributed by atoms with Crippen LogP contribution in [0.3, 0.4) is 0 Å². The first-order valence-corrected chi connectivity index (χ1v) is 21.1. The molecular formula is C46H53N7O4S2. The standard InChI is InChI=1S/C25H30N4O2S.C21H23N3O2S/c1-6-29(5)16-27-23-12-17(2)20(11-18(23)3)13-24-28-21(15-32-24)14-31-22-9-7-19(8-10-22)25(30)26-4;1-13-9-19(22)14(2)8-16(13)10-20-24-17(12-27-20)11-26-18-6-4-15(5-7-18)21(25)23-3/h7-12,15-16H,6,13-14H2,1-5H3,(H,26,30);4-9,12H,10-11,22H2,1-3H3,(H,23,25). The van der Waals surface area contributed by atoms with E-state index in [1.807, 2.05) is 37.1 Å². The molecule has 0 saturated carbocycles. The molecule has 0 bridgehead atoms. The summed E-state index contributed by atoms with van der Waals surface area (Å²) in [7, 11) is 5.24. The molecule has 0 aliphatic heterocycles. The number of ether oxygens (including phenoxy) is 2. The highest BCUT2D eigenvalue weighted by Gasteiger charge is 2.11. The summed E-state index contributed by atoms with van der Waals surface area (Å²) < 4.78 is 11.6. The Morgan fingerprint density at radius 2 is 1.17 bits per heavy atom. The zero-order valence-electron chi connectivity index (χ0n) is 35.0. The van der Waals surface area contributed by atoms with E-state index in [1.54, 1.807) is 85.3 Å². The number of amides is 2. The summed E-state index contributed by atoms with van der Waals surface area (Å²) in [6.45, 7) is 12.1. The Morgan fingerprint density at radius 1 is 0.712 bits per heavy atom. The maximum Gasteiger partial charge on any atom is 0.251 e. The first kappa shape index (κ1) is 44.1. The third kappa shape index (κ3) is 12.7. The van der Waals surface area contributed by atoms with Gasteiger partial charge in [-0.2, -0.15) is 0 Å². The van der Waals surface area contributed by atoms with Gasteiger partial charge in [-0.1, -0.05) is 12.1 Å². The quantitative estimate of drug-likeness (QED) is 0.0530. The summed E-state index contributed by atoms with van der Waals surface area (Å²) in [4.78, 5) is 39.2. The summed E-state index contributed by atoms with van der Waals surface area (Å²) >= 11 is 3.28. The molecule has 0 aliphatic rings. The molecule has 0 unspecified atom stereocenters. The molecule has 0 aliphatic carbocycles. The molecule has 2 heterocycles. The second-order valence-corrected chi connectivity index (χ2v) is 16.0. The van der Waals surface area contributed by atoms with Crippen molar-refractivity contribution in [3.8, 4) is 11.5 Å². The number of benzene rings is 4. The number of nitrogen functional groups attached to an aromatic ring is 1. The molecule has 13 heteroatoms. The third-order valence-electron chi connectivity index (χ3n) is 9.61. The molecule has 6 aromatic rings. The monoisotopic (exact) mass is 831 g/mol. The van der Waals surface area contributed by atoms with Gasteiger partial charge in [-0.05, 0) is 129 Å². The van der Waals surface area contributed by atoms with Gasteiger partial charge in [-0.3, -0.25) is 9.59 Å². The van der Waals surface area contributed by atoms with Crippen LogP contribution in [0.25, 0.3) is 0 Å². The van der Waals surface area contributed by atoms with Crippen LogP contribution in [0.2, 0.25) is 0 Å². The van der Waals surface area contributed by atoms with E-state index < -0.39 is 0 Å². The van der Waals surface area contributed by atoms with Gasteiger partial charge in [-0.15, -0.1) is 22.7 Å². The molecule has 2 amide bonds. The van der Waals surface area contributed by atoms with E-state index >= 15 is 0 Å². The highest BCUT2D eigenvalue weighted by molar-refractivity contribution is 7.10. The molecule has 11 nitrogen and oxygen atoms in total. The molecule has 308 valence electrons. The average molecular weight is 832 g/mol. The number of nitrogens with one attached hydrogen (secondary N) is 2. The fourth-order valence-corrected chi connectivity index (χ4v) is 7.45. The zero-order chi connectivity index (χ0) is 42.5. The van der Waals surface area contributed by atoms with Crippen LogP contribution >= 0.6 is 22.7 Å². The number of aryl methyl sites for hydroxylation is 4. The molecule has 59 heavy (non-hydrogen) atoms. The van der Waals surface area contributed by atoms with Gasteiger partial charge in [-0.25, -0.2) is 15.0 Å². The summed E-state index contributed by atoms with van der Waals surface area (Å²) in [6, 6.07) is 22.7. The van der Waals surface area contributed by atoms with E-state index in [9.17, 15) is 9.59 Å². The van der Waals surface area contributed by atoms with Crippen molar-refractivity contribution >= 4 is 52.2 Å². The lowest BCUT2D eigenvalue weighted by molar-refractivity contribution is 0.0955. The molecule has 0 saturated heterocycles. The number of hydrogen-bond acceptors (Lipinski definition) is 10. The Labute approximate surface area is 355 Å². The lowest BCUT2D eigenvalue weighted by Gasteiger charge is -2.11. The van der Waals surface area contributed by atoms with Crippen LogP contribution in [0, 0.1) is 27.7 Å². The number of rotatable bonds is 15.